The van der Waals surface area contributed by atoms with Gasteiger partial charge in [-0.15, -0.1) is 0 Å². The second-order valence-electron chi connectivity index (χ2n) is 3.90. The van der Waals surface area contributed by atoms with Gasteiger partial charge in [0, 0.05) is 17.3 Å². The molecule has 0 unspecified atom stereocenters. The van der Waals surface area contributed by atoms with Crippen molar-refractivity contribution in [3.05, 3.63) is 52.4 Å². The number of hydrogen-bond acceptors (Lipinski definition) is 3. The Morgan fingerprint density at radius 1 is 1.42 bits per heavy atom. The first-order chi connectivity index (χ1) is 8.97. The molecule has 1 aromatic heterocycles. The molecule has 2 rings (SSSR count). The van der Waals surface area contributed by atoms with E-state index in [2.05, 4.69) is 4.98 Å². The minimum absolute atomic E-state index is 0.0277. The van der Waals surface area contributed by atoms with E-state index < -0.39 is 5.82 Å². The molecule has 0 amide bonds. The minimum Gasteiger partial charge on any atom is -0.436 e. The van der Waals surface area contributed by atoms with Crippen molar-refractivity contribution >= 4 is 17.4 Å². The SMILES string of the molecule is Cc1cc(C(=N)N)cc(Oc2cccc(Cl)c2F)n1. The second-order valence-corrected chi connectivity index (χ2v) is 4.31. The lowest BCUT2D eigenvalue weighted by atomic mass is 10.2. The Bertz CT molecular complexity index is 646. The zero-order valence-electron chi connectivity index (χ0n) is 10.1. The molecule has 0 bridgehead atoms. The van der Waals surface area contributed by atoms with Gasteiger partial charge >= 0.3 is 0 Å². The van der Waals surface area contributed by atoms with Gasteiger partial charge in [0.15, 0.2) is 11.6 Å². The number of aryl methyl sites for hydroxylation is 1. The largest absolute Gasteiger partial charge is 0.436 e. The van der Waals surface area contributed by atoms with Gasteiger partial charge < -0.3 is 10.5 Å². The van der Waals surface area contributed by atoms with Crippen LogP contribution < -0.4 is 10.5 Å². The molecule has 4 nitrogen and oxygen atoms in total. The molecule has 1 aromatic carbocycles. The Morgan fingerprint density at radius 2 is 2.16 bits per heavy atom. The summed E-state index contributed by atoms with van der Waals surface area (Å²) in [5.41, 5.74) is 6.48. The number of ether oxygens (including phenoxy) is 1. The predicted octanol–water partition coefficient (Wildman–Crippen LogP) is 3.26. The van der Waals surface area contributed by atoms with Crippen molar-refractivity contribution in [2.45, 2.75) is 6.92 Å². The van der Waals surface area contributed by atoms with Gasteiger partial charge in [-0.2, -0.15) is 0 Å². The first kappa shape index (κ1) is 13.3. The molecule has 98 valence electrons. The summed E-state index contributed by atoms with van der Waals surface area (Å²) in [5.74, 6) is -0.634. The van der Waals surface area contributed by atoms with Gasteiger partial charge in [0.05, 0.1) is 5.02 Å². The summed E-state index contributed by atoms with van der Waals surface area (Å²) in [6, 6.07) is 7.55. The third-order valence-corrected chi connectivity index (χ3v) is 2.66. The van der Waals surface area contributed by atoms with Crippen LogP contribution in [0.5, 0.6) is 11.6 Å². The van der Waals surface area contributed by atoms with Crippen LogP contribution in [0.15, 0.2) is 30.3 Å². The number of amidine groups is 1. The number of benzene rings is 1. The molecule has 2 aromatic rings. The predicted molar refractivity (Wildman–Crippen MR) is 71.5 cm³/mol. The average molecular weight is 280 g/mol. The maximum atomic E-state index is 13.7. The van der Waals surface area contributed by atoms with Crippen LogP contribution in [0, 0.1) is 18.2 Å². The summed E-state index contributed by atoms with van der Waals surface area (Å²) in [5, 5.41) is 7.35. The number of aromatic nitrogens is 1. The van der Waals surface area contributed by atoms with E-state index in [-0.39, 0.29) is 22.5 Å². The van der Waals surface area contributed by atoms with Gasteiger partial charge in [0.2, 0.25) is 5.88 Å². The third kappa shape index (κ3) is 3.00. The van der Waals surface area contributed by atoms with Crippen molar-refractivity contribution in [2.75, 3.05) is 0 Å². The van der Waals surface area contributed by atoms with Crippen molar-refractivity contribution < 1.29 is 9.13 Å². The van der Waals surface area contributed by atoms with E-state index in [9.17, 15) is 4.39 Å². The Labute approximate surface area is 114 Å². The maximum Gasteiger partial charge on any atom is 0.220 e. The van der Waals surface area contributed by atoms with Crippen LogP contribution in [-0.2, 0) is 0 Å². The van der Waals surface area contributed by atoms with E-state index in [0.717, 1.165) is 0 Å². The highest BCUT2D eigenvalue weighted by atomic mass is 35.5. The van der Waals surface area contributed by atoms with Crippen LogP contribution in [-0.4, -0.2) is 10.8 Å². The Balaban J connectivity index is 2.38. The van der Waals surface area contributed by atoms with Gasteiger partial charge in [-0.1, -0.05) is 17.7 Å². The molecule has 19 heavy (non-hydrogen) atoms. The van der Waals surface area contributed by atoms with Crippen LogP contribution in [0.3, 0.4) is 0 Å². The number of hydrogen-bond donors (Lipinski definition) is 2. The molecule has 0 spiro atoms. The zero-order chi connectivity index (χ0) is 14.0. The van der Waals surface area contributed by atoms with Gasteiger partial charge in [-0.05, 0) is 25.1 Å². The maximum absolute atomic E-state index is 13.7. The van der Waals surface area contributed by atoms with Gasteiger partial charge in [-0.25, -0.2) is 9.37 Å². The normalized spacial score (nSPS) is 10.3. The molecule has 0 aliphatic rings. The third-order valence-electron chi connectivity index (χ3n) is 2.37. The van der Waals surface area contributed by atoms with Crippen molar-refractivity contribution in [1.82, 2.24) is 4.98 Å². The Kier molecular flexibility index (Phi) is 3.66. The smallest absolute Gasteiger partial charge is 0.220 e. The Hall–Kier alpha value is -2.14. The van der Waals surface area contributed by atoms with Crippen LogP contribution in [0.25, 0.3) is 0 Å². The van der Waals surface area contributed by atoms with Crippen LogP contribution in [0.4, 0.5) is 4.39 Å². The summed E-state index contributed by atoms with van der Waals surface area (Å²) in [7, 11) is 0. The van der Waals surface area contributed by atoms with Crippen LogP contribution in [0.2, 0.25) is 5.02 Å². The molecule has 3 N–H and O–H groups in total. The van der Waals surface area contributed by atoms with Crippen LogP contribution >= 0.6 is 11.6 Å². The number of halogens is 2. The van der Waals surface area contributed by atoms with Gasteiger partial charge in [0.1, 0.15) is 5.84 Å². The fourth-order valence-corrected chi connectivity index (χ4v) is 1.69. The van der Waals surface area contributed by atoms with E-state index in [1.165, 1.54) is 18.2 Å². The van der Waals surface area contributed by atoms with E-state index in [1.807, 2.05) is 0 Å². The molecule has 0 radical (unpaired) electrons. The number of nitrogen functional groups attached to an aromatic ring is 1. The molecule has 0 aliphatic carbocycles. The summed E-state index contributed by atoms with van der Waals surface area (Å²) >= 11 is 5.66. The fourth-order valence-electron chi connectivity index (χ4n) is 1.52. The molecular formula is C13H11ClFN3O. The quantitative estimate of drug-likeness (QED) is 0.669. The second kappa shape index (κ2) is 5.24. The monoisotopic (exact) mass is 279 g/mol. The van der Waals surface area contributed by atoms with Crippen molar-refractivity contribution in [2.24, 2.45) is 5.73 Å². The van der Waals surface area contributed by atoms with Crippen LogP contribution in [0.1, 0.15) is 11.3 Å². The van der Waals surface area contributed by atoms with Crippen molar-refractivity contribution in [3.8, 4) is 11.6 Å². The highest BCUT2D eigenvalue weighted by Crippen LogP contribution is 2.28. The number of pyridine rings is 1. The highest BCUT2D eigenvalue weighted by molar-refractivity contribution is 6.30. The highest BCUT2D eigenvalue weighted by Gasteiger charge is 2.10. The first-order valence-electron chi connectivity index (χ1n) is 5.42. The molecule has 0 saturated carbocycles. The standard InChI is InChI=1S/C13H11ClFN3O/c1-7-5-8(13(16)17)6-11(18-7)19-10-4-2-3-9(14)12(10)15/h2-6H,1H3,(H3,16,17). The number of nitrogens with zero attached hydrogens (tertiary/aromatic N) is 1. The summed E-state index contributed by atoms with van der Waals surface area (Å²) < 4.78 is 19.0. The number of rotatable bonds is 3. The number of nitrogens with one attached hydrogen (secondary N) is 1. The molecule has 6 heteroatoms. The van der Waals surface area contributed by atoms with E-state index in [0.29, 0.717) is 11.3 Å². The minimum atomic E-state index is -0.656. The van der Waals surface area contributed by atoms with Crippen molar-refractivity contribution in [1.29, 1.82) is 5.41 Å². The molecule has 0 atom stereocenters. The van der Waals surface area contributed by atoms with Gasteiger partial charge in [-0.3, -0.25) is 5.41 Å². The first-order valence-corrected chi connectivity index (χ1v) is 5.80. The molecular weight excluding hydrogens is 269 g/mol. The molecule has 0 fully saturated rings. The lowest BCUT2D eigenvalue weighted by molar-refractivity contribution is 0.426. The average Bonchev–Trinajstić information content (AvgIpc) is 2.34. The Morgan fingerprint density at radius 3 is 2.84 bits per heavy atom. The lowest BCUT2D eigenvalue weighted by Gasteiger charge is -2.09. The molecule has 0 saturated heterocycles. The summed E-state index contributed by atoms with van der Waals surface area (Å²) in [4.78, 5) is 4.10. The summed E-state index contributed by atoms with van der Waals surface area (Å²) in [6.07, 6.45) is 0. The topological polar surface area (TPSA) is 72.0 Å². The lowest BCUT2D eigenvalue weighted by Crippen LogP contribution is -2.11. The molecule has 1 heterocycles. The van der Waals surface area contributed by atoms with Gasteiger partial charge in [0.25, 0.3) is 0 Å². The van der Waals surface area contributed by atoms with E-state index in [1.54, 1.807) is 19.1 Å². The fraction of sp³-hybridized carbons (Fsp3) is 0.0769. The summed E-state index contributed by atoms with van der Waals surface area (Å²) in [6.45, 7) is 1.73. The zero-order valence-corrected chi connectivity index (χ0v) is 10.8. The van der Waals surface area contributed by atoms with E-state index in [4.69, 9.17) is 27.5 Å². The number of nitrogens with two attached hydrogens (primary N) is 1. The molecule has 0 aliphatic heterocycles. The van der Waals surface area contributed by atoms with E-state index >= 15 is 0 Å². The van der Waals surface area contributed by atoms with Crippen molar-refractivity contribution in [3.63, 3.8) is 0 Å².